The number of aromatic nitrogens is 4. The zero-order valence-corrected chi connectivity index (χ0v) is 11.0. The van der Waals surface area contributed by atoms with Crippen molar-refractivity contribution in [2.24, 2.45) is 0 Å². The number of nitrogens with one attached hydrogen (secondary N) is 1. The summed E-state index contributed by atoms with van der Waals surface area (Å²) in [7, 11) is 0. The molecule has 1 fully saturated rings. The molecule has 1 aliphatic carbocycles. The van der Waals surface area contributed by atoms with E-state index >= 15 is 0 Å². The molecule has 0 bridgehead atoms. The highest BCUT2D eigenvalue weighted by atomic mass is 15.6. The maximum Gasteiger partial charge on any atom is 0.204 e. The van der Waals surface area contributed by atoms with Crippen molar-refractivity contribution in [2.75, 3.05) is 6.54 Å². The van der Waals surface area contributed by atoms with E-state index in [2.05, 4.69) is 20.7 Å². The first kappa shape index (κ1) is 12.3. The second kappa shape index (κ2) is 5.93. The molecule has 19 heavy (non-hydrogen) atoms. The first-order valence-electron chi connectivity index (χ1n) is 6.98. The maximum atomic E-state index is 4.40. The van der Waals surface area contributed by atoms with E-state index in [9.17, 15) is 0 Å². The van der Waals surface area contributed by atoms with Crippen molar-refractivity contribution in [3.63, 3.8) is 0 Å². The van der Waals surface area contributed by atoms with Crippen molar-refractivity contribution in [2.45, 2.75) is 38.3 Å². The number of hydrogen-bond acceptors (Lipinski definition) is 4. The topological polar surface area (TPSA) is 55.6 Å². The Labute approximate surface area is 113 Å². The summed E-state index contributed by atoms with van der Waals surface area (Å²) in [6.45, 7) is 1.69. The average molecular weight is 257 g/mol. The number of nitrogens with zero attached hydrogens (tertiary/aromatic N) is 4. The van der Waals surface area contributed by atoms with E-state index in [0.29, 0.717) is 11.9 Å². The summed E-state index contributed by atoms with van der Waals surface area (Å²) < 4.78 is 0. The minimum absolute atomic E-state index is 0.692. The van der Waals surface area contributed by atoms with E-state index in [4.69, 9.17) is 0 Å². The summed E-state index contributed by atoms with van der Waals surface area (Å²) in [5.41, 5.74) is 1.01. The zero-order valence-electron chi connectivity index (χ0n) is 11.0. The van der Waals surface area contributed by atoms with Crippen LogP contribution >= 0.6 is 0 Å². The van der Waals surface area contributed by atoms with Gasteiger partial charge >= 0.3 is 0 Å². The van der Waals surface area contributed by atoms with Crippen LogP contribution in [0, 0.1) is 0 Å². The smallest absolute Gasteiger partial charge is 0.204 e. The molecule has 0 saturated heterocycles. The van der Waals surface area contributed by atoms with Gasteiger partial charge < -0.3 is 5.32 Å². The highest BCUT2D eigenvalue weighted by Crippen LogP contribution is 2.17. The van der Waals surface area contributed by atoms with Gasteiger partial charge in [-0.25, -0.2) is 0 Å². The van der Waals surface area contributed by atoms with E-state index in [1.54, 1.807) is 4.80 Å². The Bertz CT molecular complexity index is 502. The van der Waals surface area contributed by atoms with E-state index in [1.807, 2.05) is 30.3 Å². The Balaban J connectivity index is 1.53. The van der Waals surface area contributed by atoms with Crippen molar-refractivity contribution < 1.29 is 0 Å². The predicted molar refractivity (Wildman–Crippen MR) is 73.5 cm³/mol. The second-order valence-corrected chi connectivity index (χ2v) is 5.01. The Morgan fingerprint density at radius 3 is 2.74 bits per heavy atom. The van der Waals surface area contributed by atoms with Gasteiger partial charge in [-0.1, -0.05) is 43.2 Å². The standard InChI is InChI=1S/C14H19N5/c1-2-6-12(7-3-1)14-16-18-19(17-14)11-10-15-13-8-4-5-9-13/h1-3,6-7,13,15H,4-5,8-11H2. The number of rotatable bonds is 5. The Morgan fingerprint density at radius 2 is 1.95 bits per heavy atom. The third kappa shape index (κ3) is 3.17. The SMILES string of the molecule is c1ccc(-c2nnn(CCNC3CCCC3)n2)cc1. The normalized spacial score (nSPS) is 16.0. The molecule has 0 unspecified atom stereocenters. The Kier molecular flexibility index (Phi) is 3.83. The van der Waals surface area contributed by atoms with Gasteiger partial charge in [0.1, 0.15) is 0 Å². The number of benzene rings is 1. The number of hydrogen-bond donors (Lipinski definition) is 1. The summed E-state index contributed by atoms with van der Waals surface area (Å²) in [6.07, 6.45) is 5.33. The van der Waals surface area contributed by atoms with Gasteiger partial charge in [-0.05, 0) is 18.1 Å². The fourth-order valence-electron chi connectivity index (χ4n) is 2.54. The number of tetrazole rings is 1. The molecule has 0 amide bonds. The Hall–Kier alpha value is -1.75. The molecule has 5 heteroatoms. The van der Waals surface area contributed by atoms with Gasteiger partial charge in [-0.3, -0.25) is 0 Å². The van der Waals surface area contributed by atoms with Crippen molar-refractivity contribution in [1.82, 2.24) is 25.5 Å². The quantitative estimate of drug-likeness (QED) is 0.888. The molecule has 0 radical (unpaired) electrons. The lowest BCUT2D eigenvalue weighted by atomic mass is 10.2. The third-order valence-electron chi connectivity index (χ3n) is 3.58. The largest absolute Gasteiger partial charge is 0.312 e. The third-order valence-corrected chi connectivity index (χ3v) is 3.58. The van der Waals surface area contributed by atoms with Gasteiger partial charge in [0.2, 0.25) is 5.82 Å². The van der Waals surface area contributed by atoms with Gasteiger partial charge in [0.25, 0.3) is 0 Å². The molecule has 1 N–H and O–H groups in total. The van der Waals surface area contributed by atoms with Crippen LogP contribution in [0.3, 0.4) is 0 Å². The molecule has 100 valence electrons. The van der Waals surface area contributed by atoms with Crippen LogP contribution in [0.15, 0.2) is 30.3 Å². The van der Waals surface area contributed by atoms with Crippen molar-refractivity contribution in [3.8, 4) is 11.4 Å². The molecule has 0 aliphatic heterocycles. The molecule has 0 atom stereocenters. The van der Waals surface area contributed by atoms with E-state index in [1.165, 1.54) is 25.7 Å². The van der Waals surface area contributed by atoms with Crippen LogP contribution in [0.25, 0.3) is 11.4 Å². The van der Waals surface area contributed by atoms with Crippen LogP contribution in [0.5, 0.6) is 0 Å². The summed E-state index contributed by atoms with van der Waals surface area (Å²) in [5, 5.41) is 16.1. The molecular weight excluding hydrogens is 238 g/mol. The van der Waals surface area contributed by atoms with Crippen LogP contribution in [0.4, 0.5) is 0 Å². The monoisotopic (exact) mass is 257 g/mol. The van der Waals surface area contributed by atoms with Gasteiger partial charge in [0.15, 0.2) is 0 Å². The molecule has 1 aliphatic rings. The molecule has 1 aromatic carbocycles. The van der Waals surface area contributed by atoms with Crippen molar-refractivity contribution in [3.05, 3.63) is 30.3 Å². The molecule has 2 aromatic rings. The highest BCUT2D eigenvalue weighted by Gasteiger charge is 2.13. The lowest BCUT2D eigenvalue weighted by Gasteiger charge is -2.10. The lowest BCUT2D eigenvalue weighted by molar-refractivity contribution is 0.449. The minimum atomic E-state index is 0.692. The van der Waals surface area contributed by atoms with E-state index < -0.39 is 0 Å². The van der Waals surface area contributed by atoms with E-state index in [-0.39, 0.29) is 0 Å². The molecule has 1 heterocycles. The van der Waals surface area contributed by atoms with Crippen LogP contribution in [0.2, 0.25) is 0 Å². The Morgan fingerprint density at radius 1 is 1.16 bits per heavy atom. The van der Waals surface area contributed by atoms with Gasteiger partial charge in [-0.15, -0.1) is 10.2 Å². The van der Waals surface area contributed by atoms with Crippen LogP contribution in [-0.4, -0.2) is 32.8 Å². The first-order chi connectivity index (χ1) is 9.42. The molecular formula is C14H19N5. The van der Waals surface area contributed by atoms with Gasteiger partial charge in [0.05, 0.1) is 6.54 Å². The maximum absolute atomic E-state index is 4.40. The molecule has 0 spiro atoms. The zero-order chi connectivity index (χ0) is 12.9. The lowest BCUT2D eigenvalue weighted by Crippen LogP contribution is -2.29. The fourth-order valence-corrected chi connectivity index (χ4v) is 2.54. The molecule has 1 aromatic heterocycles. The molecule has 3 rings (SSSR count). The van der Waals surface area contributed by atoms with Crippen LogP contribution in [0.1, 0.15) is 25.7 Å². The fraction of sp³-hybridized carbons (Fsp3) is 0.500. The van der Waals surface area contributed by atoms with Gasteiger partial charge in [-0.2, -0.15) is 4.80 Å². The first-order valence-corrected chi connectivity index (χ1v) is 6.98. The van der Waals surface area contributed by atoms with Gasteiger partial charge in [0, 0.05) is 18.2 Å². The summed E-state index contributed by atoms with van der Waals surface area (Å²) in [4.78, 5) is 1.67. The van der Waals surface area contributed by atoms with Crippen molar-refractivity contribution >= 4 is 0 Å². The van der Waals surface area contributed by atoms with Crippen LogP contribution in [-0.2, 0) is 6.54 Å². The average Bonchev–Trinajstić information content (AvgIpc) is 3.11. The second-order valence-electron chi connectivity index (χ2n) is 5.01. The highest BCUT2D eigenvalue weighted by molar-refractivity contribution is 5.52. The molecule has 5 nitrogen and oxygen atoms in total. The van der Waals surface area contributed by atoms with E-state index in [0.717, 1.165) is 18.7 Å². The minimum Gasteiger partial charge on any atom is -0.312 e. The summed E-state index contributed by atoms with van der Waals surface area (Å²) in [6, 6.07) is 10.6. The summed E-state index contributed by atoms with van der Waals surface area (Å²) >= 11 is 0. The van der Waals surface area contributed by atoms with Crippen molar-refractivity contribution in [1.29, 1.82) is 0 Å². The van der Waals surface area contributed by atoms with Crippen LogP contribution < -0.4 is 5.32 Å². The summed E-state index contributed by atoms with van der Waals surface area (Å²) in [5.74, 6) is 0.696. The molecule has 1 saturated carbocycles. The predicted octanol–water partition coefficient (Wildman–Crippen LogP) is 1.87.